The van der Waals surface area contributed by atoms with Crippen LogP contribution in [0.5, 0.6) is 0 Å². The Morgan fingerprint density at radius 1 is 1.28 bits per heavy atom. The Kier molecular flexibility index (Phi) is 7.96. The summed E-state index contributed by atoms with van der Waals surface area (Å²) in [5, 5.41) is 12.4. The lowest BCUT2D eigenvalue weighted by molar-refractivity contribution is -0.144. The minimum Gasteiger partial charge on any atom is -0.481 e. The number of methoxy groups -OCH3 is 1. The maximum atomic E-state index is 11.1. The molecule has 0 aliphatic heterocycles. The average molecular weight is 259 g/mol. The molecule has 0 heterocycles. The zero-order valence-corrected chi connectivity index (χ0v) is 11.2. The molecular weight excluding hydrogens is 234 g/mol. The zero-order valence-electron chi connectivity index (χ0n) is 11.2. The fourth-order valence-corrected chi connectivity index (χ4v) is 2.45. The van der Waals surface area contributed by atoms with Crippen LogP contribution in [0, 0.1) is 11.8 Å². The van der Waals surface area contributed by atoms with Gasteiger partial charge >= 0.3 is 5.97 Å². The monoisotopic (exact) mass is 259 g/mol. The lowest BCUT2D eigenvalue weighted by Gasteiger charge is -2.28. The summed E-state index contributed by atoms with van der Waals surface area (Å²) in [6, 6.07) is 0. The number of carboxylic acid groups (broad SMARTS) is 1. The Hall–Kier alpha value is -0.650. The highest BCUT2D eigenvalue weighted by atomic mass is 16.5. The third kappa shape index (κ3) is 5.80. The van der Waals surface area contributed by atoms with Gasteiger partial charge in [0.2, 0.25) is 0 Å². The van der Waals surface area contributed by atoms with Crippen LogP contribution in [-0.2, 0) is 14.3 Å². The molecule has 1 fully saturated rings. The molecule has 1 aliphatic carbocycles. The molecule has 1 saturated carbocycles. The molecule has 0 saturated heterocycles. The summed E-state index contributed by atoms with van der Waals surface area (Å²) in [6.07, 6.45) is 4.05. The van der Waals surface area contributed by atoms with Gasteiger partial charge in [-0.2, -0.15) is 0 Å². The van der Waals surface area contributed by atoms with Gasteiger partial charge in [-0.15, -0.1) is 0 Å². The molecule has 0 bridgehead atoms. The SMILES string of the molecule is COCCOCCNCC1CCCCC1C(=O)O. The van der Waals surface area contributed by atoms with Gasteiger partial charge in [-0.25, -0.2) is 0 Å². The van der Waals surface area contributed by atoms with Crippen LogP contribution >= 0.6 is 0 Å². The highest BCUT2D eigenvalue weighted by Gasteiger charge is 2.30. The third-order valence-electron chi connectivity index (χ3n) is 3.49. The van der Waals surface area contributed by atoms with E-state index in [-0.39, 0.29) is 11.8 Å². The predicted molar refractivity (Wildman–Crippen MR) is 68.6 cm³/mol. The Balaban J connectivity index is 2.07. The Morgan fingerprint density at radius 2 is 2.06 bits per heavy atom. The average Bonchev–Trinajstić information content (AvgIpc) is 2.38. The Bertz CT molecular complexity index is 235. The van der Waals surface area contributed by atoms with E-state index in [1.807, 2.05) is 0 Å². The van der Waals surface area contributed by atoms with Crippen molar-refractivity contribution in [3.05, 3.63) is 0 Å². The van der Waals surface area contributed by atoms with Gasteiger partial charge in [0.1, 0.15) is 0 Å². The summed E-state index contributed by atoms with van der Waals surface area (Å²) in [5.41, 5.74) is 0. The molecular formula is C13H25NO4. The van der Waals surface area contributed by atoms with Crippen LogP contribution in [0.4, 0.5) is 0 Å². The van der Waals surface area contributed by atoms with Gasteiger partial charge in [-0.1, -0.05) is 12.8 Å². The van der Waals surface area contributed by atoms with Crippen LogP contribution in [0.25, 0.3) is 0 Å². The van der Waals surface area contributed by atoms with Crippen LogP contribution < -0.4 is 5.32 Å². The van der Waals surface area contributed by atoms with E-state index in [2.05, 4.69) is 5.32 Å². The summed E-state index contributed by atoms with van der Waals surface area (Å²) in [4.78, 5) is 11.1. The van der Waals surface area contributed by atoms with E-state index in [1.165, 1.54) is 0 Å². The number of nitrogens with one attached hydrogen (secondary N) is 1. The van der Waals surface area contributed by atoms with Crippen LogP contribution in [0.2, 0.25) is 0 Å². The van der Waals surface area contributed by atoms with Crippen molar-refractivity contribution in [2.75, 3.05) is 40.0 Å². The summed E-state index contributed by atoms with van der Waals surface area (Å²) >= 11 is 0. The molecule has 0 aromatic rings. The van der Waals surface area contributed by atoms with Gasteiger partial charge in [0.15, 0.2) is 0 Å². The molecule has 0 aromatic heterocycles. The first-order chi connectivity index (χ1) is 8.75. The van der Waals surface area contributed by atoms with E-state index in [0.717, 1.165) is 38.8 Å². The van der Waals surface area contributed by atoms with Crippen molar-refractivity contribution in [1.29, 1.82) is 0 Å². The number of carbonyl (C=O) groups is 1. The quantitative estimate of drug-likeness (QED) is 0.608. The number of carboxylic acids is 1. The Morgan fingerprint density at radius 3 is 2.78 bits per heavy atom. The molecule has 0 amide bonds. The van der Waals surface area contributed by atoms with Gasteiger partial charge in [0.25, 0.3) is 0 Å². The van der Waals surface area contributed by atoms with Crippen molar-refractivity contribution in [1.82, 2.24) is 5.32 Å². The van der Waals surface area contributed by atoms with E-state index in [1.54, 1.807) is 7.11 Å². The van der Waals surface area contributed by atoms with Crippen molar-refractivity contribution >= 4 is 5.97 Å². The number of ether oxygens (including phenoxy) is 2. The summed E-state index contributed by atoms with van der Waals surface area (Å²) < 4.78 is 10.2. The third-order valence-corrected chi connectivity index (χ3v) is 3.49. The number of hydrogen-bond acceptors (Lipinski definition) is 4. The van der Waals surface area contributed by atoms with Gasteiger partial charge in [-0.05, 0) is 25.3 Å². The van der Waals surface area contributed by atoms with Crippen LogP contribution in [0.1, 0.15) is 25.7 Å². The second-order valence-corrected chi connectivity index (χ2v) is 4.80. The van der Waals surface area contributed by atoms with Crippen molar-refractivity contribution < 1.29 is 19.4 Å². The molecule has 5 heteroatoms. The highest BCUT2D eigenvalue weighted by Crippen LogP contribution is 2.29. The lowest BCUT2D eigenvalue weighted by Crippen LogP contribution is -2.35. The second-order valence-electron chi connectivity index (χ2n) is 4.80. The molecule has 2 N–H and O–H groups in total. The van der Waals surface area contributed by atoms with E-state index in [0.29, 0.717) is 19.8 Å². The van der Waals surface area contributed by atoms with E-state index in [4.69, 9.17) is 14.6 Å². The first-order valence-corrected chi connectivity index (χ1v) is 6.76. The standard InChI is InChI=1S/C13H25NO4/c1-17-8-9-18-7-6-14-10-11-4-2-3-5-12(11)13(15)16/h11-12,14H,2-10H2,1H3,(H,15,16). The van der Waals surface area contributed by atoms with Gasteiger partial charge in [-0.3, -0.25) is 4.79 Å². The van der Waals surface area contributed by atoms with Crippen molar-refractivity contribution in [3.8, 4) is 0 Å². The fourth-order valence-electron chi connectivity index (χ4n) is 2.45. The van der Waals surface area contributed by atoms with Crippen molar-refractivity contribution in [2.45, 2.75) is 25.7 Å². The van der Waals surface area contributed by atoms with Crippen molar-refractivity contribution in [2.24, 2.45) is 11.8 Å². The summed E-state index contributed by atoms with van der Waals surface area (Å²) in [5.74, 6) is -0.534. The minimum absolute atomic E-state index is 0.166. The second kappa shape index (κ2) is 9.30. The molecule has 5 nitrogen and oxygen atoms in total. The Labute approximate surface area is 109 Å². The van der Waals surface area contributed by atoms with Gasteiger partial charge in [0.05, 0.1) is 25.7 Å². The minimum atomic E-state index is -0.641. The van der Waals surface area contributed by atoms with Gasteiger partial charge < -0.3 is 19.9 Å². The molecule has 0 radical (unpaired) electrons. The van der Waals surface area contributed by atoms with E-state index in [9.17, 15) is 4.79 Å². The smallest absolute Gasteiger partial charge is 0.306 e. The predicted octanol–water partition coefficient (Wildman–Crippen LogP) is 1.13. The molecule has 18 heavy (non-hydrogen) atoms. The maximum Gasteiger partial charge on any atom is 0.306 e. The summed E-state index contributed by atoms with van der Waals surface area (Å²) in [7, 11) is 1.65. The number of rotatable bonds is 9. The largest absolute Gasteiger partial charge is 0.481 e. The van der Waals surface area contributed by atoms with Crippen LogP contribution in [0.3, 0.4) is 0 Å². The van der Waals surface area contributed by atoms with E-state index >= 15 is 0 Å². The molecule has 0 aromatic carbocycles. The summed E-state index contributed by atoms with van der Waals surface area (Å²) in [6.45, 7) is 3.42. The number of hydrogen-bond donors (Lipinski definition) is 2. The number of aliphatic carboxylic acids is 1. The van der Waals surface area contributed by atoms with Gasteiger partial charge in [0, 0.05) is 13.7 Å². The highest BCUT2D eigenvalue weighted by molar-refractivity contribution is 5.70. The molecule has 2 unspecified atom stereocenters. The lowest BCUT2D eigenvalue weighted by atomic mass is 9.79. The maximum absolute atomic E-state index is 11.1. The first kappa shape index (κ1) is 15.4. The zero-order chi connectivity index (χ0) is 13.2. The van der Waals surface area contributed by atoms with E-state index < -0.39 is 5.97 Å². The van der Waals surface area contributed by atoms with Crippen LogP contribution in [0.15, 0.2) is 0 Å². The topological polar surface area (TPSA) is 67.8 Å². The first-order valence-electron chi connectivity index (χ1n) is 6.76. The normalized spacial score (nSPS) is 24.1. The molecule has 106 valence electrons. The van der Waals surface area contributed by atoms with Crippen molar-refractivity contribution in [3.63, 3.8) is 0 Å². The fraction of sp³-hybridized carbons (Fsp3) is 0.923. The molecule has 0 spiro atoms. The molecule has 1 aliphatic rings. The molecule has 2 atom stereocenters. The molecule has 1 rings (SSSR count). The van der Waals surface area contributed by atoms with Crippen LogP contribution in [-0.4, -0.2) is 51.1 Å².